The molecule has 0 aliphatic rings. The molecule has 0 heterocycles. The van der Waals surface area contributed by atoms with Gasteiger partial charge in [0.25, 0.3) is 0 Å². The van der Waals surface area contributed by atoms with E-state index >= 15 is 0 Å². The van der Waals surface area contributed by atoms with Gasteiger partial charge in [-0.15, -0.1) is 0 Å². The highest BCUT2D eigenvalue weighted by Gasteiger charge is 1.79. The average Bonchev–Trinajstić information content (AvgIpc) is 1.69. The van der Waals surface area contributed by atoms with E-state index in [0.717, 1.165) is 0 Å². The van der Waals surface area contributed by atoms with Crippen LogP contribution in [0, 0.1) is 0 Å². The molecule has 0 N–H and O–H groups in total. The molecule has 0 saturated heterocycles. The fraction of sp³-hybridized carbons (Fsp3) is 1.00. The minimum atomic E-state index is 0.678. The number of rotatable bonds is 4. The summed E-state index contributed by atoms with van der Waals surface area (Å²) in [6, 6.07) is 0. The van der Waals surface area contributed by atoms with E-state index in [1.54, 1.807) is 7.11 Å². The molecule has 0 bridgehead atoms. The van der Waals surface area contributed by atoms with Crippen molar-refractivity contribution in [2.24, 2.45) is 0 Å². The highest BCUT2D eigenvalue weighted by atomic mass is 32.2. The first-order chi connectivity index (χ1) is 3.41. The van der Waals surface area contributed by atoms with Crippen LogP contribution in [0.15, 0.2) is 0 Å². The van der Waals surface area contributed by atoms with E-state index in [1.807, 2.05) is 6.26 Å². The SMILES string of the molecule is COCCOSC. The van der Waals surface area contributed by atoms with Crippen molar-refractivity contribution in [1.82, 2.24) is 0 Å². The summed E-state index contributed by atoms with van der Waals surface area (Å²) < 4.78 is 9.57. The Hall–Kier alpha value is 0.270. The summed E-state index contributed by atoms with van der Waals surface area (Å²) in [6.07, 6.45) is 1.88. The molecular weight excluding hydrogens is 112 g/mol. The molecule has 0 radical (unpaired) electrons. The molecule has 0 fully saturated rings. The van der Waals surface area contributed by atoms with Crippen LogP contribution in [0.5, 0.6) is 0 Å². The average molecular weight is 122 g/mol. The second kappa shape index (κ2) is 6.27. The molecule has 0 spiro atoms. The first-order valence-corrected chi connectivity index (χ1v) is 3.21. The Labute approximate surface area is 48.4 Å². The summed E-state index contributed by atoms with van der Waals surface area (Å²) in [5.41, 5.74) is 0. The van der Waals surface area contributed by atoms with E-state index in [1.165, 1.54) is 12.0 Å². The van der Waals surface area contributed by atoms with Crippen molar-refractivity contribution < 1.29 is 8.92 Å². The van der Waals surface area contributed by atoms with Crippen LogP contribution < -0.4 is 0 Å². The van der Waals surface area contributed by atoms with E-state index in [2.05, 4.69) is 0 Å². The van der Waals surface area contributed by atoms with Crippen LogP contribution in [0.3, 0.4) is 0 Å². The van der Waals surface area contributed by atoms with Gasteiger partial charge in [-0.05, 0) is 12.0 Å². The predicted octanol–water partition coefficient (Wildman–Crippen LogP) is 0.927. The van der Waals surface area contributed by atoms with Crippen LogP contribution in [0.1, 0.15) is 0 Å². The van der Waals surface area contributed by atoms with E-state index < -0.39 is 0 Å². The first-order valence-electron chi connectivity index (χ1n) is 2.06. The van der Waals surface area contributed by atoms with Gasteiger partial charge in [-0.25, -0.2) is 0 Å². The molecule has 0 rings (SSSR count). The summed E-state index contributed by atoms with van der Waals surface area (Å²) in [7, 11) is 1.66. The molecule has 0 aromatic carbocycles. The van der Waals surface area contributed by atoms with E-state index in [-0.39, 0.29) is 0 Å². The van der Waals surface area contributed by atoms with Crippen LogP contribution in [0.2, 0.25) is 0 Å². The Balaban J connectivity index is 2.45. The van der Waals surface area contributed by atoms with E-state index in [9.17, 15) is 0 Å². The highest BCUT2D eigenvalue weighted by Crippen LogP contribution is 1.91. The van der Waals surface area contributed by atoms with Crippen LogP contribution in [-0.2, 0) is 8.92 Å². The highest BCUT2D eigenvalue weighted by molar-refractivity contribution is 7.93. The van der Waals surface area contributed by atoms with Crippen molar-refractivity contribution in [1.29, 1.82) is 0 Å². The van der Waals surface area contributed by atoms with E-state index in [4.69, 9.17) is 8.92 Å². The number of hydrogen-bond donors (Lipinski definition) is 0. The molecule has 44 valence electrons. The van der Waals surface area contributed by atoms with Crippen molar-refractivity contribution in [3.63, 3.8) is 0 Å². The lowest BCUT2D eigenvalue weighted by Gasteiger charge is -1.94. The molecule has 0 aliphatic carbocycles. The van der Waals surface area contributed by atoms with Crippen molar-refractivity contribution >= 4 is 12.0 Å². The van der Waals surface area contributed by atoms with Crippen molar-refractivity contribution in [3.8, 4) is 0 Å². The van der Waals surface area contributed by atoms with E-state index in [0.29, 0.717) is 13.2 Å². The Morgan fingerprint density at radius 1 is 1.43 bits per heavy atom. The maximum Gasteiger partial charge on any atom is 0.0847 e. The number of methoxy groups -OCH3 is 1. The van der Waals surface area contributed by atoms with Gasteiger partial charge in [-0.1, -0.05) is 0 Å². The Bertz CT molecular complexity index is 28.9. The molecule has 0 aromatic heterocycles. The molecular formula is C4H10O2S. The second-order valence-electron chi connectivity index (χ2n) is 0.981. The van der Waals surface area contributed by atoms with Crippen molar-refractivity contribution in [2.45, 2.75) is 0 Å². The minimum absolute atomic E-state index is 0.678. The Kier molecular flexibility index (Phi) is 6.51. The maximum absolute atomic E-state index is 4.87. The van der Waals surface area contributed by atoms with Gasteiger partial charge in [-0.3, -0.25) is 0 Å². The predicted molar refractivity (Wildman–Crippen MR) is 31.3 cm³/mol. The molecule has 0 saturated carbocycles. The van der Waals surface area contributed by atoms with Gasteiger partial charge >= 0.3 is 0 Å². The third-order valence-corrected chi connectivity index (χ3v) is 0.891. The molecule has 3 heteroatoms. The molecule has 7 heavy (non-hydrogen) atoms. The third-order valence-electron chi connectivity index (χ3n) is 0.489. The quantitative estimate of drug-likeness (QED) is 0.408. The summed E-state index contributed by atoms with van der Waals surface area (Å²) >= 11 is 1.36. The fourth-order valence-electron chi connectivity index (χ4n) is 0.201. The first kappa shape index (κ1) is 7.27. The lowest BCUT2D eigenvalue weighted by Crippen LogP contribution is -1.95. The van der Waals surface area contributed by atoms with Gasteiger partial charge < -0.3 is 8.92 Å². The molecule has 0 aliphatic heterocycles. The third kappa shape index (κ3) is 6.27. The lowest BCUT2D eigenvalue weighted by molar-refractivity contribution is 0.157. The molecule has 2 nitrogen and oxygen atoms in total. The smallest absolute Gasteiger partial charge is 0.0847 e. The van der Waals surface area contributed by atoms with Gasteiger partial charge in [-0.2, -0.15) is 0 Å². The van der Waals surface area contributed by atoms with Gasteiger partial charge in [0.1, 0.15) is 0 Å². The van der Waals surface area contributed by atoms with Gasteiger partial charge in [0, 0.05) is 13.4 Å². The molecule has 0 unspecified atom stereocenters. The minimum Gasteiger partial charge on any atom is -0.382 e. The monoisotopic (exact) mass is 122 g/mol. The number of hydrogen-bond acceptors (Lipinski definition) is 3. The van der Waals surface area contributed by atoms with Gasteiger partial charge in [0.2, 0.25) is 0 Å². The number of ether oxygens (including phenoxy) is 1. The van der Waals surface area contributed by atoms with Crippen LogP contribution in [0.25, 0.3) is 0 Å². The normalized spacial score (nSPS) is 9.43. The van der Waals surface area contributed by atoms with Crippen molar-refractivity contribution in [2.75, 3.05) is 26.6 Å². The summed E-state index contributed by atoms with van der Waals surface area (Å²) in [6.45, 7) is 1.36. The van der Waals surface area contributed by atoms with Crippen LogP contribution in [-0.4, -0.2) is 26.6 Å². The summed E-state index contributed by atoms with van der Waals surface area (Å²) in [4.78, 5) is 0. The van der Waals surface area contributed by atoms with Gasteiger partial charge in [0.15, 0.2) is 0 Å². The Morgan fingerprint density at radius 3 is 2.57 bits per heavy atom. The standard InChI is InChI=1S/C4H10O2S/c1-5-3-4-6-7-2/h3-4H2,1-2H3. The molecule has 0 atom stereocenters. The van der Waals surface area contributed by atoms with Gasteiger partial charge in [0.05, 0.1) is 13.2 Å². The van der Waals surface area contributed by atoms with Crippen LogP contribution in [0.4, 0.5) is 0 Å². The molecule has 0 aromatic rings. The van der Waals surface area contributed by atoms with Crippen LogP contribution >= 0.6 is 12.0 Å². The zero-order valence-electron chi connectivity index (χ0n) is 4.64. The largest absolute Gasteiger partial charge is 0.382 e. The topological polar surface area (TPSA) is 18.5 Å². The maximum atomic E-state index is 4.87. The zero-order valence-corrected chi connectivity index (χ0v) is 5.46. The molecule has 0 amide bonds. The Morgan fingerprint density at radius 2 is 2.14 bits per heavy atom. The fourth-order valence-corrected chi connectivity index (χ4v) is 0.435. The zero-order chi connectivity index (χ0) is 5.54. The summed E-state index contributed by atoms with van der Waals surface area (Å²) in [5, 5.41) is 0. The summed E-state index contributed by atoms with van der Waals surface area (Å²) in [5.74, 6) is 0. The second-order valence-corrected chi connectivity index (χ2v) is 1.55. The van der Waals surface area contributed by atoms with Crippen molar-refractivity contribution in [3.05, 3.63) is 0 Å². The lowest BCUT2D eigenvalue weighted by atomic mass is 10.8.